The molecular weight excluding hydrogens is 531 g/mol. The molecule has 2 aliphatic heterocycles. The topological polar surface area (TPSA) is 132 Å². The summed E-state index contributed by atoms with van der Waals surface area (Å²) >= 11 is 0. The molecule has 0 radical (unpaired) electrons. The van der Waals surface area contributed by atoms with Crippen LogP contribution in [0.15, 0.2) is 18.2 Å². The van der Waals surface area contributed by atoms with Crippen molar-refractivity contribution in [2.45, 2.75) is 81.3 Å². The highest BCUT2D eigenvalue weighted by molar-refractivity contribution is 6.02. The summed E-state index contributed by atoms with van der Waals surface area (Å²) in [5.41, 5.74) is -0.0125. The number of likely N-dealkylation sites (N-methyl/N-ethyl adjacent to an activating group) is 1. The van der Waals surface area contributed by atoms with Crippen molar-refractivity contribution in [3.63, 3.8) is 0 Å². The van der Waals surface area contributed by atoms with Gasteiger partial charge in [0.05, 0.1) is 18.3 Å². The van der Waals surface area contributed by atoms with Crippen molar-refractivity contribution in [3.05, 3.63) is 23.8 Å². The van der Waals surface area contributed by atoms with E-state index in [1.807, 2.05) is 12.1 Å². The van der Waals surface area contributed by atoms with Gasteiger partial charge in [0.2, 0.25) is 17.4 Å². The number of hydrogen-bond donors (Lipinski definition) is 2. The molecule has 3 fully saturated rings. The Kier molecular flexibility index (Phi) is 6.92. The fourth-order valence-electron chi connectivity index (χ4n) is 5.50. The van der Waals surface area contributed by atoms with E-state index in [0.717, 1.165) is 43.1 Å². The van der Waals surface area contributed by atoms with Crippen LogP contribution < -0.4 is 15.4 Å². The minimum Gasteiger partial charge on any atom is -0.473 e. The van der Waals surface area contributed by atoms with Crippen LogP contribution in [-0.2, 0) is 19.2 Å². The molecule has 0 aromatic heterocycles. The quantitative estimate of drug-likeness (QED) is 0.526. The van der Waals surface area contributed by atoms with Crippen molar-refractivity contribution in [2.75, 3.05) is 18.9 Å². The van der Waals surface area contributed by atoms with Crippen LogP contribution in [0.25, 0.3) is 0 Å². The standard InChI is InChI=1S/C27H30F3N5O5/c1-14(32-25(39)27(28,29)30)22(36)34(2)20(10-15-6-7-15)23(37)35-13-26(11-17(35)12-31)24(38)33-19-5-3-4-18(16-8-9-16)21(19)40-26/h3-5,14-17,20H,6-11,13H2,1-2H3,(H,32,39)(H,33,38)/t14-,17-,20-,26+/m0/s1. The highest BCUT2D eigenvalue weighted by Gasteiger charge is 2.57. The van der Waals surface area contributed by atoms with Crippen molar-refractivity contribution in [1.29, 1.82) is 5.26 Å². The number of fused-ring (bicyclic) bond motifs is 1. The zero-order chi connectivity index (χ0) is 29.0. The van der Waals surface area contributed by atoms with Gasteiger partial charge in [0.1, 0.15) is 23.9 Å². The summed E-state index contributed by atoms with van der Waals surface area (Å²) in [5.74, 6) is -3.24. The smallest absolute Gasteiger partial charge is 0.471 e. The first kappa shape index (κ1) is 27.7. The number of rotatable bonds is 7. The van der Waals surface area contributed by atoms with E-state index in [-0.39, 0.29) is 25.3 Å². The predicted octanol–water partition coefficient (Wildman–Crippen LogP) is 2.45. The van der Waals surface area contributed by atoms with Gasteiger partial charge in [-0.25, -0.2) is 0 Å². The molecule has 10 nitrogen and oxygen atoms in total. The van der Waals surface area contributed by atoms with E-state index in [0.29, 0.717) is 17.4 Å². The molecule has 1 saturated heterocycles. The lowest BCUT2D eigenvalue weighted by molar-refractivity contribution is -0.175. The van der Waals surface area contributed by atoms with E-state index in [1.54, 1.807) is 11.4 Å². The fraction of sp³-hybridized carbons (Fsp3) is 0.593. The number of likely N-dealkylation sites (tertiary alicyclic amines) is 1. The number of carbonyl (C=O) groups is 4. The number of nitrogens with one attached hydrogen (secondary N) is 2. The van der Waals surface area contributed by atoms with Crippen LogP contribution >= 0.6 is 0 Å². The maximum Gasteiger partial charge on any atom is 0.471 e. The molecule has 2 N–H and O–H groups in total. The van der Waals surface area contributed by atoms with Gasteiger partial charge in [0.25, 0.3) is 5.91 Å². The number of para-hydroxylation sites is 1. The van der Waals surface area contributed by atoms with Gasteiger partial charge in [-0.15, -0.1) is 0 Å². The normalized spacial score (nSPS) is 25.2. The molecule has 4 atom stereocenters. The van der Waals surface area contributed by atoms with Crippen molar-refractivity contribution in [2.24, 2.45) is 5.92 Å². The van der Waals surface area contributed by atoms with Crippen LogP contribution in [0.2, 0.25) is 0 Å². The van der Waals surface area contributed by atoms with Crippen LogP contribution in [0, 0.1) is 17.2 Å². The second-order valence-corrected chi connectivity index (χ2v) is 11.2. The molecule has 0 bridgehead atoms. The monoisotopic (exact) mass is 561 g/mol. The number of amides is 4. The number of ether oxygens (including phenoxy) is 1. The summed E-state index contributed by atoms with van der Waals surface area (Å²) in [4.78, 5) is 53.9. The zero-order valence-corrected chi connectivity index (χ0v) is 22.1. The van der Waals surface area contributed by atoms with Crippen molar-refractivity contribution in [1.82, 2.24) is 15.1 Å². The highest BCUT2D eigenvalue weighted by atomic mass is 19.4. The Hall–Kier alpha value is -3.82. The second kappa shape index (κ2) is 9.98. The maximum atomic E-state index is 13.9. The number of carbonyl (C=O) groups excluding carboxylic acids is 4. The van der Waals surface area contributed by atoms with Crippen LogP contribution in [0.5, 0.6) is 5.75 Å². The number of halogens is 3. The Labute approximate surface area is 228 Å². The lowest BCUT2D eigenvalue weighted by Gasteiger charge is -2.36. The van der Waals surface area contributed by atoms with Crippen molar-refractivity contribution < 1.29 is 37.1 Å². The van der Waals surface area contributed by atoms with Gasteiger partial charge >= 0.3 is 12.1 Å². The molecule has 2 heterocycles. The van der Waals surface area contributed by atoms with Gasteiger partial charge in [-0.2, -0.15) is 18.4 Å². The van der Waals surface area contributed by atoms with E-state index in [9.17, 15) is 37.6 Å². The minimum absolute atomic E-state index is 0.0780. The molecule has 1 aromatic rings. The van der Waals surface area contributed by atoms with Crippen LogP contribution in [0.3, 0.4) is 0 Å². The number of benzene rings is 1. The highest BCUT2D eigenvalue weighted by Crippen LogP contribution is 2.50. The molecule has 4 aliphatic rings. The largest absolute Gasteiger partial charge is 0.473 e. The maximum absolute atomic E-state index is 13.9. The summed E-state index contributed by atoms with van der Waals surface area (Å²) in [6.45, 7) is 0.886. The third-order valence-electron chi connectivity index (χ3n) is 8.11. The molecule has 4 amide bonds. The van der Waals surface area contributed by atoms with E-state index in [2.05, 4.69) is 11.4 Å². The van der Waals surface area contributed by atoms with Crippen molar-refractivity contribution in [3.8, 4) is 11.8 Å². The lowest BCUT2D eigenvalue weighted by Crippen LogP contribution is -2.57. The van der Waals surface area contributed by atoms with E-state index in [4.69, 9.17) is 4.74 Å². The second-order valence-electron chi connectivity index (χ2n) is 11.2. The Morgan fingerprint density at radius 2 is 1.98 bits per heavy atom. The number of alkyl halides is 3. The van der Waals surface area contributed by atoms with Crippen molar-refractivity contribution >= 4 is 29.3 Å². The molecule has 0 unspecified atom stereocenters. The molecule has 13 heteroatoms. The number of hydrogen-bond acceptors (Lipinski definition) is 6. The molecular formula is C27H30F3N5O5. The van der Waals surface area contributed by atoms with Crippen LogP contribution in [0.1, 0.15) is 56.9 Å². The van der Waals surface area contributed by atoms with E-state index in [1.165, 1.54) is 11.9 Å². The molecule has 214 valence electrons. The third kappa shape index (κ3) is 5.19. The Morgan fingerprint density at radius 3 is 2.58 bits per heavy atom. The molecule has 40 heavy (non-hydrogen) atoms. The Balaban J connectivity index is 1.37. The molecule has 2 saturated carbocycles. The Morgan fingerprint density at radius 1 is 1.27 bits per heavy atom. The lowest BCUT2D eigenvalue weighted by atomic mass is 9.95. The molecule has 2 aliphatic carbocycles. The minimum atomic E-state index is -5.17. The zero-order valence-electron chi connectivity index (χ0n) is 22.1. The molecule has 5 rings (SSSR count). The first-order chi connectivity index (χ1) is 18.8. The SMILES string of the molecule is C[C@H](NC(=O)C(F)(F)F)C(=O)N(C)[C@@H](CC1CC1)C(=O)N1C[C@@]2(C[C@H]1C#N)Oc1c(cccc1C1CC1)NC2=O. The first-order valence-electron chi connectivity index (χ1n) is 13.3. The summed E-state index contributed by atoms with van der Waals surface area (Å²) in [5, 5.41) is 14.5. The molecule has 1 aromatic carbocycles. The predicted molar refractivity (Wildman–Crippen MR) is 134 cm³/mol. The Bertz CT molecular complexity index is 1290. The first-order valence-corrected chi connectivity index (χ1v) is 13.3. The summed E-state index contributed by atoms with van der Waals surface area (Å²) in [6.07, 6.45) is -1.36. The van der Waals surface area contributed by atoms with E-state index >= 15 is 0 Å². The van der Waals surface area contributed by atoms with Gasteiger partial charge in [-0.3, -0.25) is 19.2 Å². The fourth-order valence-corrected chi connectivity index (χ4v) is 5.50. The van der Waals surface area contributed by atoms with Gasteiger partial charge < -0.3 is 25.2 Å². The van der Waals surface area contributed by atoms with Gasteiger partial charge in [-0.05, 0) is 49.7 Å². The number of anilines is 1. The third-order valence-corrected chi connectivity index (χ3v) is 8.11. The van der Waals surface area contributed by atoms with E-state index < -0.39 is 53.5 Å². The van der Waals surface area contributed by atoms with Crippen LogP contribution in [0.4, 0.5) is 18.9 Å². The van der Waals surface area contributed by atoms with Gasteiger partial charge in [0, 0.05) is 13.5 Å². The average Bonchev–Trinajstić information content (AvgIpc) is 3.84. The van der Waals surface area contributed by atoms with Gasteiger partial charge in [0.15, 0.2) is 0 Å². The average molecular weight is 562 g/mol. The molecule has 1 spiro atoms. The summed E-state index contributed by atoms with van der Waals surface area (Å²) in [7, 11) is 1.29. The number of nitrogens with zero attached hydrogens (tertiary/aromatic N) is 3. The summed E-state index contributed by atoms with van der Waals surface area (Å²) in [6, 6.07) is 3.91. The van der Waals surface area contributed by atoms with Crippen LogP contribution in [-0.4, -0.2) is 76.9 Å². The van der Waals surface area contributed by atoms with Gasteiger partial charge in [-0.1, -0.05) is 25.0 Å². The summed E-state index contributed by atoms with van der Waals surface area (Å²) < 4.78 is 44.5. The number of nitriles is 1.